The molecule has 5 nitrogen and oxygen atoms in total. The van der Waals surface area contributed by atoms with Gasteiger partial charge in [-0.3, -0.25) is 5.43 Å². The highest BCUT2D eigenvalue weighted by molar-refractivity contribution is 8.13. The van der Waals surface area contributed by atoms with Gasteiger partial charge in [0.25, 0.3) is 0 Å². The molecule has 0 aliphatic carbocycles. The van der Waals surface area contributed by atoms with Crippen LogP contribution in [-0.2, 0) is 0 Å². The fourth-order valence-electron chi connectivity index (χ4n) is 1.22. The molecule has 1 heterocycles. The Morgan fingerprint density at radius 1 is 1.56 bits per heavy atom. The normalized spacial score (nSPS) is 14.8. The highest BCUT2D eigenvalue weighted by Crippen LogP contribution is 2.29. The number of benzene rings is 1. The van der Waals surface area contributed by atoms with E-state index in [4.69, 9.17) is 10.5 Å². The molecule has 0 aromatic heterocycles. The zero-order valence-corrected chi connectivity index (χ0v) is 9.62. The minimum atomic E-state index is 0.377. The van der Waals surface area contributed by atoms with Crippen molar-refractivity contribution in [3.63, 3.8) is 0 Å². The lowest BCUT2D eigenvalue weighted by molar-refractivity contribution is 0.367. The number of thioether (sulfide) groups is 1. The summed E-state index contributed by atoms with van der Waals surface area (Å²) in [4.78, 5) is 4.36. The van der Waals surface area contributed by atoms with E-state index in [0.29, 0.717) is 17.6 Å². The molecule has 2 rings (SSSR count). The lowest BCUT2D eigenvalue weighted by Crippen LogP contribution is -2.28. The topological polar surface area (TPSA) is 72.0 Å². The molecular formula is C10H12N4OS. The Hall–Kier alpha value is -1.69. The Labute approximate surface area is 97.8 Å². The average Bonchev–Trinajstić information content (AvgIpc) is 2.35. The summed E-state index contributed by atoms with van der Waals surface area (Å²) < 4.78 is 5.49. The number of nitrogens with zero attached hydrogens (tertiary/aromatic N) is 2. The van der Waals surface area contributed by atoms with E-state index in [0.717, 1.165) is 11.4 Å². The van der Waals surface area contributed by atoms with Crippen molar-refractivity contribution in [3.05, 3.63) is 24.3 Å². The Morgan fingerprint density at radius 2 is 2.38 bits per heavy atom. The third-order valence-corrected chi connectivity index (χ3v) is 2.50. The van der Waals surface area contributed by atoms with Crippen molar-refractivity contribution in [1.82, 2.24) is 5.43 Å². The fourth-order valence-corrected chi connectivity index (χ4v) is 1.35. The van der Waals surface area contributed by atoms with Crippen molar-refractivity contribution in [1.29, 1.82) is 0 Å². The number of rotatable bonds is 1. The smallest absolute Gasteiger partial charge is 0.177 e. The van der Waals surface area contributed by atoms with Gasteiger partial charge in [0.15, 0.2) is 11.0 Å². The molecule has 0 amide bonds. The quantitative estimate of drug-likeness (QED) is 0.438. The number of amidine groups is 2. The van der Waals surface area contributed by atoms with Crippen molar-refractivity contribution < 1.29 is 4.74 Å². The van der Waals surface area contributed by atoms with Crippen LogP contribution in [0.5, 0.6) is 5.75 Å². The monoisotopic (exact) mass is 236 g/mol. The van der Waals surface area contributed by atoms with E-state index in [1.807, 2.05) is 30.5 Å². The second kappa shape index (κ2) is 4.89. The van der Waals surface area contributed by atoms with E-state index in [1.165, 1.54) is 11.8 Å². The van der Waals surface area contributed by atoms with Crippen molar-refractivity contribution in [2.24, 2.45) is 15.8 Å². The number of para-hydroxylation sites is 2. The highest BCUT2D eigenvalue weighted by atomic mass is 32.2. The van der Waals surface area contributed by atoms with Crippen LogP contribution in [0.2, 0.25) is 0 Å². The first-order valence-electron chi connectivity index (χ1n) is 4.72. The van der Waals surface area contributed by atoms with Gasteiger partial charge in [-0.2, -0.15) is 0 Å². The summed E-state index contributed by atoms with van der Waals surface area (Å²) in [7, 11) is 0. The predicted molar refractivity (Wildman–Crippen MR) is 67.3 cm³/mol. The standard InChI is InChI=1S/C10H12N4OS/c1-16-10(11)14-13-9-6-15-8-5-3-2-4-7(8)12-9/h2-5H,6H2,1H3,(H2,11,14)(H,12,13). The highest BCUT2D eigenvalue weighted by Gasteiger charge is 2.11. The largest absolute Gasteiger partial charge is 0.483 e. The first-order chi connectivity index (χ1) is 7.79. The average molecular weight is 236 g/mol. The zero-order valence-electron chi connectivity index (χ0n) is 8.80. The molecule has 0 saturated carbocycles. The van der Waals surface area contributed by atoms with Crippen LogP contribution in [0.25, 0.3) is 0 Å². The van der Waals surface area contributed by atoms with E-state index in [1.54, 1.807) is 0 Å². The third kappa shape index (κ3) is 2.46. The van der Waals surface area contributed by atoms with Crippen LogP contribution < -0.4 is 15.9 Å². The summed E-state index contributed by atoms with van der Waals surface area (Å²) in [5, 5.41) is 4.40. The first-order valence-corrected chi connectivity index (χ1v) is 5.94. The van der Waals surface area contributed by atoms with Gasteiger partial charge in [-0.1, -0.05) is 23.9 Å². The number of ether oxygens (including phenoxy) is 1. The van der Waals surface area contributed by atoms with Gasteiger partial charge in [-0.05, 0) is 18.4 Å². The van der Waals surface area contributed by atoms with E-state index in [-0.39, 0.29) is 0 Å². The van der Waals surface area contributed by atoms with Crippen LogP contribution in [0.4, 0.5) is 5.69 Å². The van der Waals surface area contributed by atoms with Crippen LogP contribution in [0, 0.1) is 0 Å². The zero-order chi connectivity index (χ0) is 11.4. The second-order valence-electron chi connectivity index (χ2n) is 3.08. The lowest BCUT2D eigenvalue weighted by atomic mass is 10.3. The molecule has 6 heteroatoms. The third-order valence-electron chi connectivity index (χ3n) is 1.99. The molecule has 1 aromatic carbocycles. The Bertz CT molecular complexity index is 444. The molecule has 0 bridgehead atoms. The van der Waals surface area contributed by atoms with Gasteiger partial charge in [0.2, 0.25) is 0 Å². The maximum atomic E-state index is 5.54. The number of hydrazone groups is 1. The van der Waals surface area contributed by atoms with Gasteiger partial charge in [0.1, 0.15) is 18.0 Å². The minimum absolute atomic E-state index is 0.377. The van der Waals surface area contributed by atoms with Crippen LogP contribution in [0.3, 0.4) is 0 Å². The molecule has 16 heavy (non-hydrogen) atoms. The van der Waals surface area contributed by atoms with Gasteiger partial charge in [0.05, 0.1) is 0 Å². The van der Waals surface area contributed by atoms with Gasteiger partial charge in [0, 0.05) is 0 Å². The van der Waals surface area contributed by atoms with Gasteiger partial charge in [-0.15, -0.1) is 5.10 Å². The molecule has 1 aromatic rings. The van der Waals surface area contributed by atoms with E-state index >= 15 is 0 Å². The summed E-state index contributed by atoms with van der Waals surface area (Å²) in [6.45, 7) is 0.377. The van der Waals surface area contributed by atoms with Crippen LogP contribution >= 0.6 is 11.8 Å². The van der Waals surface area contributed by atoms with E-state index in [2.05, 4.69) is 15.5 Å². The lowest BCUT2D eigenvalue weighted by Gasteiger charge is -2.15. The summed E-state index contributed by atoms with van der Waals surface area (Å²) >= 11 is 1.37. The molecular weight excluding hydrogens is 224 g/mol. The molecule has 1 aliphatic heterocycles. The maximum absolute atomic E-state index is 5.54. The Balaban J connectivity index is 2.12. The van der Waals surface area contributed by atoms with Crippen molar-refractivity contribution in [2.45, 2.75) is 0 Å². The molecule has 0 unspecified atom stereocenters. The second-order valence-corrected chi connectivity index (χ2v) is 3.91. The summed E-state index contributed by atoms with van der Waals surface area (Å²) in [6.07, 6.45) is 1.86. The molecule has 3 N–H and O–H groups in total. The number of fused-ring (bicyclic) bond motifs is 1. The molecule has 0 radical (unpaired) electrons. The fraction of sp³-hybridized carbons (Fsp3) is 0.200. The van der Waals surface area contributed by atoms with Crippen LogP contribution in [0.1, 0.15) is 0 Å². The summed E-state index contributed by atoms with van der Waals surface area (Å²) in [6, 6.07) is 7.59. The molecule has 1 aliphatic rings. The number of hydrogen-bond donors (Lipinski definition) is 2. The number of hydrogen-bond acceptors (Lipinski definition) is 5. The number of nitrogens with two attached hydrogens (primary N) is 1. The van der Waals surface area contributed by atoms with Crippen LogP contribution in [-0.4, -0.2) is 23.9 Å². The summed E-state index contributed by atoms with van der Waals surface area (Å²) in [5.74, 6) is 1.44. The van der Waals surface area contributed by atoms with Gasteiger partial charge in [-0.25, -0.2) is 4.99 Å². The first kappa shape index (κ1) is 10.8. The molecule has 84 valence electrons. The van der Waals surface area contributed by atoms with Gasteiger partial charge >= 0.3 is 0 Å². The SMILES string of the molecule is CS/C(N)=N\NC1=Nc2ccccc2OC1. The summed E-state index contributed by atoms with van der Waals surface area (Å²) in [5.41, 5.74) is 9.12. The van der Waals surface area contributed by atoms with E-state index < -0.39 is 0 Å². The Morgan fingerprint density at radius 3 is 3.19 bits per heavy atom. The minimum Gasteiger partial charge on any atom is -0.483 e. The van der Waals surface area contributed by atoms with Gasteiger partial charge < -0.3 is 10.5 Å². The molecule has 0 fully saturated rings. The molecule has 0 saturated heterocycles. The van der Waals surface area contributed by atoms with Crippen molar-refractivity contribution in [2.75, 3.05) is 12.9 Å². The Kier molecular flexibility index (Phi) is 3.31. The van der Waals surface area contributed by atoms with Crippen LogP contribution in [0.15, 0.2) is 34.4 Å². The van der Waals surface area contributed by atoms with E-state index in [9.17, 15) is 0 Å². The predicted octanol–water partition coefficient (Wildman–Crippen LogP) is 1.29. The number of nitrogens with one attached hydrogen (secondary N) is 1. The molecule has 0 spiro atoms. The van der Waals surface area contributed by atoms with Crippen molar-refractivity contribution >= 4 is 28.5 Å². The number of aliphatic imine (C=N–C) groups is 1. The van der Waals surface area contributed by atoms with Crippen molar-refractivity contribution in [3.8, 4) is 5.75 Å². The molecule has 0 atom stereocenters. The maximum Gasteiger partial charge on any atom is 0.177 e.